The maximum atomic E-state index is 13.0. The standard InChI is InChI=1S/C52H84O24/c1-47(2)14-21-20-8-9-26-49(5)12-11-28(48(3,4)25(49)10-13-50(26,6)51(20,7)15-27(57)52(21,19-54)41(66)40(47)65)72-46-39(76-44-34(63)32(61)31(60)24(16-53)71-44)36(35(64)37(74-46)42(67)68)73-45-38(30(59)23(56)18-70-45)75-43-33(62)29(58)22(55)17-69-43/h8,21-41,43-46,53-66H,9-19H2,1-7H3,(H,67,68)/t21-,22+,23-,24+,25-,26+,27+,28-,29-,30-,31-,32-,33+,34+,35-,36-,37-,38+,39+,40-,41-,43-,44-,45-,46+,49-,50+,51+,52-/m0/s1. The molecule has 29 atom stereocenters. The van der Waals surface area contributed by atoms with Crippen LogP contribution >= 0.6 is 0 Å². The average molecular weight is 1090 g/mol. The zero-order chi connectivity index (χ0) is 55.7. The summed E-state index contributed by atoms with van der Waals surface area (Å²) in [6.45, 7) is 12.2. The molecule has 0 aromatic rings. The smallest absolute Gasteiger partial charge is 0.335 e. The Hall–Kier alpha value is -1.67. The molecule has 0 bridgehead atoms. The number of hydrogen-bond acceptors (Lipinski definition) is 23. The van der Waals surface area contributed by atoms with Crippen LogP contribution in [0.2, 0.25) is 0 Å². The van der Waals surface area contributed by atoms with Gasteiger partial charge in [0, 0.05) is 0 Å². The van der Waals surface area contributed by atoms with E-state index in [1.165, 1.54) is 0 Å². The number of aliphatic hydroxyl groups excluding tert-OH is 14. The molecule has 5 aliphatic carbocycles. The summed E-state index contributed by atoms with van der Waals surface area (Å²) in [4.78, 5) is 13.0. The number of rotatable bonds is 11. The Morgan fingerprint density at radius 3 is 1.88 bits per heavy atom. The molecule has 4 saturated carbocycles. The first-order valence-electron chi connectivity index (χ1n) is 26.9. The van der Waals surface area contributed by atoms with Crippen molar-refractivity contribution in [1.82, 2.24) is 0 Å². The Kier molecular flexibility index (Phi) is 16.3. The topological polar surface area (TPSA) is 394 Å². The average Bonchev–Trinajstić information content (AvgIpc) is 3.38. The van der Waals surface area contributed by atoms with E-state index in [9.17, 15) is 81.4 Å². The summed E-state index contributed by atoms with van der Waals surface area (Å²) in [5.41, 5.74) is -3.03. The van der Waals surface area contributed by atoms with Crippen molar-refractivity contribution in [3.8, 4) is 0 Å². The molecule has 9 aliphatic rings. The third-order valence-electron chi connectivity index (χ3n) is 21.0. The number of carboxylic acids is 1. The Bertz CT molecular complexity index is 2110. The maximum Gasteiger partial charge on any atom is 0.335 e. The highest BCUT2D eigenvalue weighted by molar-refractivity contribution is 5.73. The van der Waals surface area contributed by atoms with Gasteiger partial charge in [-0.1, -0.05) is 60.1 Å². The monoisotopic (exact) mass is 1090 g/mol. The molecular formula is C52H84O24. The van der Waals surface area contributed by atoms with E-state index in [0.717, 1.165) is 5.57 Å². The molecule has 0 amide bonds. The molecule has 8 fully saturated rings. The van der Waals surface area contributed by atoms with Crippen molar-refractivity contribution in [2.45, 2.75) is 228 Å². The lowest BCUT2D eigenvalue weighted by molar-refractivity contribution is -0.399. The minimum atomic E-state index is -2.19. The summed E-state index contributed by atoms with van der Waals surface area (Å²) in [5, 5.41) is 165. The van der Waals surface area contributed by atoms with E-state index in [2.05, 4.69) is 26.8 Å². The summed E-state index contributed by atoms with van der Waals surface area (Å²) >= 11 is 0. The first kappa shape index (κ1) is 59.0. The van der Waals surface area contributed by atoms with Crippen LogP contribution in [-0.4, -0.2) is 244 Å². The van der Waals surface area contributed by atoms with Gasteiger partial charge < -0.3 is 114 Å². The first-order chi connectivity index (χ1) is 35.5. The Morgan fingerprint density at radius 2 is 1.24 bits per heavy atom. The van der Waals surface area contributed by atoms with Gasteiger partial charge in [-0.3, -0.25) is 0 Å². The minimum Gasteiger partial charge on any atom is -0.479 e. The molecule has 24 nitrogen and oxygen atoms in total. The fourth-order valence-corrected chi connectivity index (χ4v) is 16.3. The second-order valence-corrected chi connectivity index (χ2v) is 25.7. The molecule has 0 aromatic carbocycles. The maximum absolute atomic E-state index is 13.0. The fourth-order valence-electron chi connectivity index (χ4n) is 16.3. The van der Waals surface area contributed by atoms with E-state index < -0.39 is 195 Å². The van der Waals surface area contributed by atoms with E-state index in [1.807, 2.05) is 27.7 Å². The van der Waals surface area contributed by atoms with Gasteiger partial charge in [0.2, 0.25) is 0 Å². The van der Waals surface area contributed by atoms with Gasteiger partial charge in [-0.15, -0.1) is 0 Å². The molecule has 76 heavy (non-hydrogen) atoms. The quantitative estimate of drug-likeness (QED) is 0.0713. The molecule has 4 saturated heterocycles. The Morgan fingerprint density at radius 1 is 0.618 bits per heavy atom. The van der Waals surface area contributed by atoms with Crippen LogP contribution in [-0.2, 0) is 42.7 Å². The second-order valence-electron chi connectivity index (χ2n) is 25.7. The molecule has 436 valence electrons. The molecule has 0 unspecified atom stereocenters. The molecular weight excluding hydrogens is 1010 g/mol. The summed E-state index contributed by atoms with van der Waals surface area (Å²) in [5.74, 6) is -2.09. The van der Waals surface area contributed by atoms with Gasteiger partial charge in [0.25, 0.3) is 0 Å². The van der Waals surface area contributed by atoms with Crippen LogP contribution in [0.1, 0.15) is 93.4 Å². The van der Waals surface area contributed by atoms with Crippen LogP contribution in [0, 0.1) is 50.2 Å². The molecule has 15 N–H and O–H groups in total. The highest BCUT2D eigenvalue weighted by atomic mass is 16.8. The van der Waals surface area contributed by atoms with Crippen LogP contribution in [0.5, 0.6) is 0 Å². The number of aliphatic carboxylic acids is 1. The Labute approximate surface area is 441 Å². The summed E-state index contributed by atoms with van der Waals surface area (Å²) in [7, 11) is 0. The van der Waals surface area contributed by atoms with Gasteiger partial charge in [0.05, 0.1) is 56.3 Å². The number of fused-ring (bicyclic) bond motifs is 7. The van der Waals surface area contributed by atoms with Crippen molar-refractivity contribution in [3.63, 3.8) is 0 Å². The minimum absolute atomic E-state index is 0.0548. The van der Waals surface area contributed by atoms with E-state index in [1.54, 1.807) is 0 Å². The zero-order valence-corrected chi connectivity index (χ0v) is 44.2. The summed E-state index contributed by atoms with van der Waals surface area (Å²) < 4.78 is 48.4. The van der Waals surface area contributed by atoms with Gasteiger partial charge in [-0.05, 0) is 89.8 Å². The normalized spacial score (nSPS) is 55.0. The molecule has 9 rings (SSSR count). The molecule has 0 aromatic heterocycles. The second kappa shape index (κ2) is 20.9. The van der Waals surface area contributed by atoms with Crippen molar-refractivity contribution in [1.29, 1.82) is 0 Å². The number of carbonyl (C=O) groups is 1. The third-order valence-corrected chi connectivity index (χ3v) is 21.0. The zero-order valence-electron chi connectivity index (χ0n) is 44.2. The molecule has 4 aliphatic heterocycles. The molecule has 24 heteroatoms. The Balaban J connectivity index is 1.03. The van der Waals surface area contributed by atoms with Crippen molar-refractivity contribution in [3.05, 3.63) is 11.6 Å². The predicted molar refractivity (Wildman–Crippen MR) is 255 cm³/mol. The van der Waals surface area contributed by atoms with Gasteiger partial charge in [-0.25, -0.2) is 4.79 Å². The predicted octanol–water partition coefficient (Wildman–Crippen LogP) is -3.28. The highest BCUT2D eigenvalue weighted by Gasteiger charge is 2.73. The number of ether oxygens (including phenoxy) is 8. The van der Waals surface area contributed by atoms with Crippen LogP contribution in [0.4, 0.5) is 0 Å². The number of carboxylic acid groups (broad SMARTS) is 1. The largest absolute Gasteiger partial charge is 0.479 e. The highest BCUT2D eigenvalue weighted by Crippen LogP contribution is 2.76. The fraction of sp³-hybridized carbons (Fsp3) is 0.942. The van der Waals surface area contributed by atoms with Crippen LogP contribution in [0.3, 0.4) is 0 Å². The van der Waals surface area contributed by atoms with E-state index >= 15 is 0 Å². The van der Waals surface area contributed by atoms with Crippen molar-refractivity contribution >= 4 is 5.97 Å². The van der Waals surface area contributed by atoms with Crippen molar-refractivity contribution < 1.29 is 119 Å². The van der Waals surface area contributed by atoms with E-state index in [0.29, 0.717) is 38.5 Å². The van der Waals surface area contributed by atoms with Gasteiger partial charge in [-0.2, -0.15) is 0 Å². The lowest BCUT2D eigenvalue weighted by Crippen LogP contribution is -2.71. The summed E-state index contributed by atoms with van der Waals surface area (Å²) in [6.07, 6.45) is -31.6. The van der Waals surface area contributed by atoms with Crippen LogP contribution < -0.4 is 0 Å². The molecule has 4 heterocycles. The molecule has 0 spiro atoms. The number of aliphatic hydroxyl groups is 14. The third kappa shape index (κ3) is 9.08. The van der Waals surface area contributed by atoms with Gasteiger partial charge in [0.1, 0.15) is 79.4 Å². The first-order valence-corrected chi connectivity index (χ1v) is 26.9. The lowest BCUT2D eigenvalue weighted by atomic mass is 9.33. The van der Waals surface area contributed by atoms with E-state index in [-0.39, 0.29) is 29.1 Å². The van der Waals surface area contributed by atoms with Gasteiger partial charge in [0.15, 0.2) is 31.3 Å². The summed E-state index contributed by atoms with van der Waals surface area (Å²) in [6, 6.07) is 0. The molecule has 0 radical (unpaired) electrons. The lowest BCUT2D eigenvalue weighted by Gasteiger charge is -2.72. The van der Waals surface area contributed by atoms with Gasteiger partial charge >= 0.3 is 5.97 Å². The number of hydrogen-bond donors (Lipinski definition) is 15. The van der Waals surface area contributed by atoms with Crippen LogP contribution in [0.25, 0.3) is 0 Å². The van der Waals surface area contributed by atoms with Crippen LogP contribution in [0.15, 0.2) is 11.6 Å². The van der Waals surface area contributed by atoms with Crippen molar-refractivity contribution in [2.24, 2.45) is 50.2 Å². The SMILES string of the molecule is CC1(C)C[C@H]2C3=CC[C@@H]4[C@@]5(C)CC[C@H](O[C@@H]6O[C@H](C(=O)O)[C@@H](O)[C@H](O[C@@H]7OC[C@H](O)[C@H](O)[C@H]7O[C@@H]7OC[C@@H](O)[C@H](O)[C@H]7O)[C@H]6O[C@@H]6O[C@H](CO)[C@H](O)[C@H](O)[C@H]6O)C(C)(C)[C@@H]5CC[C@@]4(C)[C@]3(C)C[C@@H](O)[C@@]2(CO)[C@@H](O)[C@@H]1O. The number of allylic oxidation sites excluding steroid dienone is 2. The van der Waals surface area contributed by atoms with Crippen molar-refractivity contribution in [2.75, 3.05) is 26.4 Å². The van der Waals surface area contributed by atoms with E-state index in [4.69, 9.17) is 37.9 Å².